The van der Waals surface area contributed by atoms with Gasteiger partial charge in [0.05, 0.1) is 6.04 Å². The largest absolute Gasteiger partial charge is 0.481 e. The molecule has 5 heteroatoms. The van der Waals surface area contributed by atoms with E-state index in [0.29, 0.717) is 21.7 Å². The number of halogens is 1. The molecule has 0 aliphatic carbocycles. The number of carboxylic acids is 1. The molecule has 0 fully saturated rings. The van der Waals surface area contributed by atoms with E-state index < -0.39 is 17.9 Å². The number of amides is 1. The van der Waals surface area contributed by atoms with Crippen LogP contribution < -0.4 is 0 Å². The Morgan fingerprint density at radius 1 is 1.18 bits per heavy atom. The molecule has 3 rings (SSSR count). The normalized spacial score (nSPS) is 20.6. The minimum atomic E-state index is -0.961. The smallest absolute Gasteiger partial charge is 0.313 e. The Kier molecular flexibility index (Phi) is 3.62. The molecule has 1 aliphatic rings. The van der Waals surface area contributed by atoms with Crippen LogP contribution in [-0.4, -0.2) is 28.9 Å². The SMILES string of the molecule is CN1C(=O)c2ccccc2[C@H](C(=O)O)[C@H]1c1cccc(Cl)c1. The van der Waals surface area contributed by atoms with Gasteiger partial charge in [-0.2, -0.15) is 0 Å². The Morgan fingerprint density at radius 3 is 2.59 bits per heavy atom. The number of carboxylic acid groups (broad SMARTS) is 1. The second kappa shape index (κ2) is 5.46. The lowest BCUT2D eigenvalue weighted by atomic mass is 9.80. The third kappa shape index (κ3) is 2.25. The molecule has 1 heterocycles. The van der Waals surface area contributed by atoms with E-state index in [0.717, 1.165) is 0 Å². The lowest BCUT2D eigenvalue weighted by Gasteiger charge is -2.38. The summed E-state index contributed by atoms with van der Waals surface area (Å²) in [7, 11) is 1.62. The summed E-state index contributed by atoms with van der Waals surface area (Å²) in [5.74, 6) is -1.97. The molecule has 1 amide bonds. The quantitative estimate of drug-likeness (QED) is 0.924. The monoisotopic (exact) mass is 315 g/mol. The number of nitrogens with zero attached hydrogens (tertiary/aromatic N) is 1. The summed E-state index contributed by atoms with van der Waals surface area (Å²) in [5, 5.41) is 10.2. The maximum absolute atomic E-state index is 12.6. The molecular formula is C17H14ClNO3. The number of likely N-dealkylation sites (N-methyl/N-ethyl adjacent to an activating group) is 1. The molecule has 4 nitrogen and oxygen atoms in total. The van der Waals surface area contributed by atoms with E-state index in [1.807, 2.05) is 0 Å². The molecule has 0 bridgehead atoms. The maximum atomic E-state index is 12.6. The molecule has 22 heavy (non-hydrogen) atoms. The second-order valence-corrected chi connectivity index (χ2v) is 5.76. The Labute approximate surface area is 132 Å². The van der Waals surface area contributed by atoms with E-state index in [2.05, 4.69) is 0 Å². The Bertz CT molecular complexity index is 759. The van der Waals surface area contributed by atoms with Crippen LogP contribution in [0.5, 0.6) is 0 Å². The molecule has 0 unspecified atom stereocenters. The third-order valence-electron chi connectivity index (χ3n) is 4.04. The van der Waals surface area contributed by atoms with Gasteiger partial charge in [-0.05, 0) is 29.3 Å². The van der Waals surface area contributed by atoms with Crippen molar-refractivity contribution in [2.45, 2.75) is 12.0 Å². The lowest BCUT2D eigenvalue weighted by Crippen LogP contribution is -2.42. The van der Waals surface area contributed by atoms with Crippen LogP contribution in [0, 0.1) is 0 Å². The minimum absolute atomic E-state index is 0.182. The van der Waals surface area contributed by atoms with E-state index >= 15 is 0 Å². The van der Waals surface area contributed by atoms with Crippen molar-refractivity contribution in [3.63, 3.8) is 0 Å². The molecule has 1 N–H and O–H groups in total. The highest BCUT2D eigenvalue weighted by molar-refractivity contribution is 6.30. The van der Waals surface area contributed by atoms with Gasteiger partial charge in [0.1, 0.15) is 5.92 Å². The highest BCUT2D eigenvalue weighted by Crippen LogP contribution is 2.42. The van der Waals surface area contributed by atoms with Crippen molar-refractivity contribution in [2.24, 2.45) is 0 Å². The first-order valence-corrected chi connectivity index (χ1v) is 7.23. The van der Waals surface area contributed by atoms with Gasteiger partial charge in [0.15, 0.2) is 0 Å². The van der Waals surface area contributed by atoms with Crippen molar-refractivity contribution in [3.05, 3.63) is 70.2 Å². The zero-order valence-electron chi connectivity index (χ0n) is 11.9. The molecule has 1 aliphatic heterocycles. The predicted molar refractivity (Wildman–Crippen MR) is 83.1 cm³/mol. The highest BCUT2D eigenvalue weighted by atomic mass is 35.5. The molecule has 2 aromatic carbocycles. The van der Waals surface area contributed by atoms with Crippen LogP contribution in [0.1, 0.15) is 33.4 Å². The van der Waals surface area contributed by atoms with E-state index in [1.54, 1.807) is 55.6 Å². The zero-order chi connectivity index (χ0) is 15.9. The van der Waals surface area contributed by atoms with Crippen LogP contribution >= 0.6 is 11.6 Å². The fraction of sp³-hybridized carbons (Fsp3) is 0.176. The van der Waals surface area contributed by atoms with Gasteiger partial charge in [-0.1, -0.05) is 41.9 Å². The number of benzene rings is 2. The summed E-state index contributed by atoms with van der Waals surface area (Å²) in [6, 6.07) is 13.3. The van der Waals surface area contributed by atoms with Gasteiger partial charge >= 0.3 is 5.97 Å². The fourth-order valence-corrected chi connectivity index (χ4v) is 3.25. The molecule has 0 saturated carbocycles. The van der Waals surface area contributed by atoms with Gasteiger partial charge in [0, 0.05) is 17.6 Å². The number of hydrogen-bond acceptors (Lipinski definition) is 2. The number of fused-ring (bicyclic) bond motifs is 1. The van der Waals surface area contributed by atoms with Crippen molar-refractivity contribution >= 4 is 23.5 Å². The summed E-state index contributed by atoms with van der Waals surface area (Å²) in [5.41, 5.74) is 1.70. The molecule has 2 atom stereocenters. The predicted octanol–water partition coefficient (Wildman–Crippen LogP) is 3.34. The average Bonchev–Trinajstić information content (AvgIpc) is 2.50. The summed E-state index contributed by atoms with van der Waals surface area (Å²) in [4.78, 5) is 25.9. The molecule has 112 valence electrons. The second-order valence-electron chi connectivity index (χ2n) is 5.32. The van der Waals surface area contributed by atoms with Crippen molar-refractivity contribution in [1.82, 2.24) is 4.90 Å². The van der Waals surface area contributed by atoms with Gasteiger partial charge in [-0.25, -0.2) is 0 Å². The van der Waals surface area contributed by atoms with Gasteiger partial charge in [-0.15, -0.1) is 0 Å². The van der Waals surface area contributed by atoms with Gasteiger partial charge in [-0.3, -0.25) is 9.59 Å². The van der Waals surface area contributed by atoms with Crippen molar-refractivity contribution < 1.29 is 14.7 Å². The van der Waals surface area contributed by atoms with Crippen LogP contribution in [-0.2, 0) is 4.79 Å². The van der Waals surface area contributed by atoms with Crippen molar-refractivity contribution in [2.75, 3.05) is 7.05 Å². The first-order valence-electron chi connectivity index (χ1n) is 6.85. The Hall–Kier alpha value is -2.33. The summed E-state index contributed by atoms with van der Waals surface area (Å²) < 4.78 is 0. The lowest BCUT2D eigenvalue weighted by molar-refractivity contribution is -0.140. The van der Waals surface area contributed by atoms with E-state index in [1.165, 1.54) is 4.90 Å². The maximum Gasteiger partial charge on any atom is 0.313 e. The highest BCUT2D eigenvalue weighted by Gasteiger charge is 2.42. The zero-order valence-corrected chi connectivity index (χ0v) is 12.6. The van der Waals surface area contributed by atoms with Gasteiger partial charge in [0.2, 0.25) is 0 Å². The van der Waals surface area contributed by atoms with Crippen molar-refractivity contribution in [3.8, 4) is 0 Å². The number of hydrogen-bond donors (Lipinski definition) is 1. The standard InChI is InChI=1S/C17H14ClNO3/c1-19-15(10-5-4-6-11(18)9-10)14(17(21)22)12-7-2-3-8-13(12)16(19)20/h2-9,14-15H,1H3,(H,21,22)/t14-,15+/m0/s1. The summed E-state index contributed by atoms with van der Waals surface area (Å²) in [6.45, 7) is 0. The molecule has 0 radical (unpaired) electrons. The number of carbonyl (C=O) groups excluding carboxylic acids is 1. The van der Waals surface area contributed by atoms with Crippen LogP contribution in [0.25, 0.3) is 0 Å². The van der Waals surface area contributed by atoms with Gasteiger partial charge in [0.25, 0.3) is 5.91 Å². The third-order valence-corrected chi connectivity index (χ3v) is 4.27. The fourth-order valence-electron chi connectivity index (χ4n) is 3.05. The van der Waals surface area contributed by atoms with E-state index in [4.69, 9.17) is 11.6 Å². The number of aliphatic carboxylic acids is 1. The summed E-state index contributed by atoms with van der Waals surface area (Å²) >= 11 is 6.02. The van der Waals surface area contributed by atoms with Crippen LogP contribution in [0.3, 0.4) is 0 Å². The average molecular weight is 316 g/mol. The Morgan fingerprint density at radius 2 is 1.91 bits per heavy atom. The summed E-state index contributed by atoms with van der Waals surface area (Å²) in [6.07, 6.45) is 0. The van der Waals surface area contributed by atoms with Gasteiger partial charge < -0.3 is 10.0 Å². The molecule has 0 saturated heterocycles. The number of carbonyl (C=O) groups is 2. The topological polar surface area (TPSA) is 57.6 Å². The molecular weight excluding hydrogens is 302 g/mol. The van der Waals surface area contributed by atoms with Crippen LogP contribution in [0.4, 0.5) is 0 Å². The Balaban J connectivity index is 2.21. The van der Waals surface area contributed by atoms with Crippen molar-refractivity contribution in [1.29, 1.82) is 0 Å². The van der Waals surface area contributed by atoms with Crippen LogP contribution in [0.15, 0.2) is 48.5 Å². The molecule has 0 spiro atoms. The first kappa shape index (κ1) is 14.6. The molecule has 0 aromatic heterocycles. The van der Waals surface area contributed by atoms with E-state index in [-0.39, 0.29) is 5.91 Å². The first-order chi connectivity index (χ1) is 10.5. The van der Waals surface area contributed by atoms with Crippen LogP contribution in [0.2, 0.25) is 5.02 Å². The minimum Gasteiger partial charge on any atom is -0.481 e. The van der Waals surface area contributed by atoms with E-state index in [9.17, 15) is 14.7 Å². The molecule has 2 aromatic rings. The number of rotatable bonds is 2.